The van der Waals surface area contributed by atoms with Gasteiger partial charge in [0.15, 0.2) is 5.17 Å². The molecule has 1 aliphatic heterocycles. The third-order valence-corrected chi connectivity index (χ3v) is 5.51. The van der Waals surface area contributed by atoms with E-state index in [1.165, 1.54) is 11.8 Å². The summed E-state index contributed by atoms with van der Waals surface area (Å²) >= 11 is 1.37. The van der Waals surface area contributed by atoms with Gasteiger partial charge in [0.05, 0.1) is 4.91 Å². The number of amides is 2. The second-order valence-corrected chi connectivity index (χ2v) is 7.06. The number of thioether (sulfide) groups is 1. The predicted molar refractivity (Wildman–Crippen MR) is 105 cm³/mol. The molecule has 26 heavy (non-hydrogen) atoms. The number of nitrogens with zero attached hydrogens (tertiary/aromatic N) is 3. The number of carbonyl (C=O) groups is 2. The standard InChI is InChI=1S/C19H20N4O2S/c1-11-9-14(10-16-18(25)22(4)19(21-3)26-16)12(2)23(11)15-7-5-13(6-8-15)17(20)24/h5-10H,1-4H3,(H2,20,24)/b16-10-,21-19?. The maximum absolute atomic E-state index is 12.4. The Morgan fingerprint density at radius 2 is 1.88 bits per heavy atom. The highest BCUT2D eigenvalue weighted by Crippen LogP contribution is 2.33. The maximum Gasteiger partial charge on any atom is 0.266 e. The van der Waals surface area contributed by atoms with E-state index in [0.29, 0.717) is 15.6 Å². The van der Waals surface area contributed by atoms with E-state index in [1.807, 2.05) is 38.1 Å². The number of carbonyl (C=O) groups excluding carboxylic acids is 2. The number of amidine groups is 1. The fourth-order valence-electron chi connectivity index (χ4n) is 3.00. The predicted octanol–water partition coefficient (Wildman–Crippen LogP) is 2.72. The van der Waals surface area contributed by atoms with Crippen molar-refractivity contribution in [3.8, 4) is 5.69 Å². The molecule has 0 saturated carbocycles. The molecule has 1 saturated heterocycles. The van der Waals surface area contributed by atoms with Gasteiger partial charge in [-0.1, -0.05) is 0 Å². The summed E-state index contributed by atoms with van der Waals surface area (Å²) in [5.41, 5.74) is 9.74. The van der Waals surface area contributed by atoms with Crippen LogP contribution in [0.3, 0.4) is 0 Å². The Labute approximate surface area is 156 Å². The first kappa shape index (κ1) is 18.0. The van der Waals surface area contributed by atoms with Crippen molar-refractivity contribution in [2.75, 3.05) is 14.1 Å². The SMILES string of the molecule is CN=C1S/C(=C\c2cc(C)n(-c3ccc(C(N)=O)cc3)c2C)C(=O)N1C. The summed E-state index contributed by atoms with van der Waals surface area (Å²) in [5, 5.41) is 0.692. The van der Waals surface area contributed by atoms with Crippen LogP contribution in [0.5, 0.6) is 0 Å². The van der Waals surface area contributed by atoms with Crippen LogP contribution in [0.15, 0.2) is 40.2 Å². The molecule has 2 N–H and O–H groups in total. The van der Waals surface area contributed by atoms with Gasteiger partial charge in [-0.15, -0.1) is 0 Å². The lowest BCUT2D eigenvalue weighted by Gasteiger charge is -2.10. The quantitative estimate of drug-likeness (QED) is 0.846. The Morgan fingerprint density at radius 1 is 1.23 bits per heavy atom. The number of aryl methyl sites for hydroxylation is 1. The minimum atomic E-state index is -0.447. The Balaban J connectivity index is 2.00. The first-order chi connectivity index (χ1) is 12.3. The number of rotatable bonds is 3. The van der Waals surface area contributed by atoms with E-state index in [0.717, 1.165) is 22.6 Å². The molecule has 0 aliphatic carbocycles. The summed E-state index contributed by atoms with van der Waals surface area (Å²) in [6.07, 6.45) is 1.90. The Kier molecular flexibility index (Phi) is 4.73. The number of benzene rings is 1. The van der Waals surface area contributed by atoms with Gasteiger partial charge in [-0.3, -0.25) is 19.5 Å². The molecular weight excluding hydrogens is 348 g/mol. The molecule has 1 aliphatic rings. The highest BCUT2D eigenvalue weighted by Gasteiger charge is 2.30. The fourth-order valence-corrected chi connectivity index (χ4v) is 3.91. The number of aliphatic imine (C=N–C) groups is 1. The normalized spacial score (nSPS) is 17.5. The van der Waals surface area contributed by atoms with Crippen LogP contribution in [0, 0.1) is 13.8 Å². The van der Waals surface area contributed by atoms with Gasteiger partial charge >= 0.3 is 0 Å². The van der Waals surface area contributed by atoms with Crippen LogP contribution >= 0.6 is 11.8 Å². The molecule has 0 spiro atoms. The van der Waals surface area contributed by atoms with Crippen molar-refractivity contribution in [1.29, 1.82) is 0 Å². The van der Waals surface area contributed by atoms with E-state index in [9.17, 15) is 9.59 Å². The highest BCUT2D eigenvalue weighted by molar-refractivity contribution is 8.18. The molecule has 2 heterocycles. The Morgan fingerprint density at radius 3 is 2.42 bits per heavy atom. The van der Waals surface area contributed by atoms with Crippen LogP contribution in [-0.2, 0) is 4.79 Å². The number of hydrogen-bond donors (Lipinski definition) is 1. The minimum absolute atomic E-state index is 0.0498. The molecule has 6 nitrogen and oxygen atoms in total. The molecule has 0 atom stereocenters. The number of nitrogens with two attached hydrogens (primary N) is 1. The van der Waals surface area contributed by atoms with Crippen molar-refractivity contribution in [1.82, 2.24) is 9.47 Å². The van der Waals surface area contributed by atoms with Gasteiger partial charge in [-0.2, -0.15) is 0 Å². The van der Waals surface area contributed by atoms with Gasteiger partial charge in [0.25, 0.3) is 5.91 Å². The fraction of sp³-hybridized carbons (Fsp3) is 0.211. The zero-order valence-electron chi connectivity index (χ0n) is 15.1. The van der Waals surface area contributed by atoms with Crippen molar-refractivity contribution in [2.24, 2.45) is 10.7 Å². The summed E-state index contributed by atoms with van der Waals surface area (Å²) in [6, 6.07) is 9.19. The molecule has 2 aromatic rings. The van der Waals surface area contributed by atoms with Crippen molar-refractivity contribution in [3.05, 3.63) is 57.8 Å². The lowest BCUT2D eigenvalue weighted by Crippen LogP contribution is -2.23. The zero-order chi connectivity index (χ0) is 19.0. The van der Waals surface area contributed by atoms with E-state index in [2.05, 4.69) is 9.56 Å². The first-order valence-electron chi connectivity index (χ1n) is 8.07. The third kappa shape index (κ3) is 3.06. The largest absolute Gasteiger partial charge is 0.366 e. The average molecular weight is 368 g/mol. The van der Waals surface area contributed by atoms with Crippen LogP contribution in [0.4, 0.5) is 0 Å². The van der Waals surface area contributed by atoms with Crippen molar-refractivity contribution < 1.29 is 9.59 Å². The van der Waals surface area contributed by atoms with Crippen LogP contribution in [0.25, 0.3) is 11.8 Å². The van der Waals surface area contributed by atoms with Crippen molar-refractivity contribution in [2.45, 2.75) is 13.8 Å². The highest BCUT2D eigenvalue weighted by atomic mass is 32.2. The maximum atomic E-state index is 12.4. The summed E-state index contributed by atoms with van der Waals surface area (Å²) in [6.45, 7) is 4.01. The molecule has 0 unspecified atom stereocenters. The molecule has 7 heteroatoms. The van der Waals surface area contributed by atoms with Crippen LogP contribution in [0.1, 0.15) is 27.3 Å². The summed E-state index contributed by atoms with van der Waals surface area (Å²) in [4.78, 5) is 29.9. The zero-order valence-corrected chi connectivity index (χ0v) is 15.9. The van der Waals surface area contributed by atoms with E-state index >= 15 is 0 Å². The second-order valence-electron chi connectivity index (χ2n) is 6.05. The van der Waals surface area contributed by atoms with E-state index in [-0.39, 0.29) is 5.91 Å². The molecule has 1 fully saturated rings. The monoisotopic (exact) mass is 368 g/mol. The molecule has 3 rings (SSSR count). The van der Waals surface area contributed by atoms with Crippen molar-refractivity contribution >= 4 is 34.8 Å². The van der Waals surface area contributed by atoms with E-state index in [4.69, 9.17) is 5.73 Å². The average Bonchev–Trinajstić information content (AvgIpc) is 3.05. The number of primary amides is 1. The van der Waals surface area contributed by atoms with Crippen LogP contribution in [0.2, 0.25) is 0 Å². The van der Waals surface area contributed by atoms with Crippen molar-refractivity contribution in [3.63, 3.8) is 0 Å². The number of aromatic nitrogens is 1. The smallest absolute Gasteiger partial charge is 0.266 e. The first-order valence-corrected chi connectivity index (χ1v) is 8.88. The summed E-state index contributed by atoms with van der Waals surface area (Å²) < 4.78 is 2.08. The van der Waals surface area contributed by atoms with Gasteiger partial charge in [-0.05, 0) is 67.6 Å². The summed E-state index contributed by atoms with van der Waals surface area (Å²) in [7, 11) is 3.40. The summed E-state index contributed by atoms with van der Waals surface area (Å²) in [5.74, 6) is -0.497. The van der Waals surface area contributed by atoms with Gasteiger partial charge < -0.3 is 10.3 Å². The molecule has 134 valence electrons. The molecule has 1 aromatic heterocycles. The van der Waals surface area contributed by atoms with E-state index < -0.39 is 5.91 Å². The molecule has 1 aromatic carbocycles. The Bertz CT molecular complexity index is 955. The molecular formula is C19H20N4O2S. The molecule has 0 radical (unpaired) electrons. The molecule has 0 bridgehead atoms. The van der Waals surface area contributed by atoms with Crippen LogP contribution in [-0.4, -0.2) is 40.5 Å². The topological polar surface area (TPSA) is 80.7 Å². The van der Waals surface area contributed by atoms with Gasteiger partial charge in [-0.25, -0.2) is 0 Å². The van der Waals surface area contributed by atoms with Gasteiger partial charge in [0, 0.05) is 36.7 Å². The van der Waals surface area contributed by atoms with Gasteiger partial charge in [0.2, 0.25) is 5.91 Å². The minimum Gasteiger partial charge on any atom is -0.366 e. The Hall–Kier alpha value is -2.80. The lowest BCUT2D eigenvalue weighted by atomic mass is 10.2. The van der Waals surface area contributed by atoms with E-state index in [1.54, 1.807) is 31.1 Å². The second kappa shape index (κ2) is 6.84. The molecule has 2 amide bonds. The third-order valence-electron chi connectivity index (χ3n) is 4.36. The van der Waals surface area contributed by atoms with Crippen LogP contribution < -0.4 is 5.73 Å². The number of hydrogen-bond acceptors (Lipinski definition) is 4. The lowest BCUT2D eigenvalue weighted by molar-refractivity contribution is -0.121. The van der Waals surface area contributed by atoms with Gasteiger partial charge in [0.1, 0.15) is 0 Å². The number of likely N-dealkylation sites (N-methyl/N-ethyl adjacent to an activating group) is 1.